The summed E-state index contributed by atoms with van der Waals surface area (Å²) in [6, 6.07) is 0. The highest BCUT2D eigenvalue weighted by Gasteiger charge is 2.38. The van der Waals surface area contributed by atoms with Crippen LogP contribution < -0.4 is 5.73 Å². The summed E-state index contributed by atoms with van der Waals surface area (Å²) in [6.45, 7) is 13.0. The quantitative estimate of drug-likeness (QED) is 0.433. The van der Waals surface area contributed by atoms with Gasteiger partial charge in [0.25, 0.3) is 0 Å². The van der Waals surface area contributed by atoms with E-state index < -0.39 is 8.32 Å². The molecule has 0 saturated heterocycles. The Hall–Kier alpha value is -0.123. The van der Waals surface area contributed by atoms with E-state index in [2.05, 4.69) is 33.9 Å². The summed E-state index contributed by atoms with van der Waals surface area (Å²) < 4.78 is 5.87. The molecule has 1 unspecified atom stereocenters. The van der Waals surface area contributed by atoms with Crippen molar-refractivity contribution >= 4 is 8.32 Å². The van der Waals surface area contributed by atoms with Gasteiger partial charge in [-0.15, -0.1) is 0 Å². The average molecular weight is 201 g/mol. The van der Waals surface area contributed by atoms with Crippen molar-refractivity contribution in [2.24, 2.45) is 5.73 Å². The van der Waals surface area contributed by atoms with Crippen LogP contribution in [0, 0.1) is 0 Å². The molecule has 0 fully saturated rings. The van der Waals surface area contributed by atoms with Gasteiger partial charge in [0.1, 0.15) is 6.23 Å². The van der Waals surface area contributed by atoms with Gasteiger partial charge in [-0.1, -0.05) is 26.8 Å². The van der Waals surface area contributed by atoms with Crippen LogP contribution >= 0.6 is 0 Å². The van der Waals surface area contributed by atoms with Crippen LogP contribution in [0.2, 0.25) is 18.1 Å². The van der Waals surface area contributed by atoms with E-state index in [0.717, 1.165) is 0 Å². The van der Waals surface area contributed by atoms with Gasteiger partial charge in [-0.25, -0.2) is 0 Å². The van der Waals surface area contributed by atoms with E-state index >= 15 is 0 Å². The van der Waals surface area contributed by atoms with Crippen molar-refractivity contribution in [1.29, 1.82) is 0 Å². The Bertz CT molecular complexity index is 182. The molecule has 0 aliphatic heterocycles. The summed E-state index contributed by atoms with van der Waals surface area (Å²) in [5.74, 6) is 0. The third-order valence-electron chi connectivity index (χ3n) is 2.62. The van der Waals surface area contributed by atoms with E-state index in [1.165, 1.54) is 0 Å². The van der Waals surface area contributed by atoms with Gasteiger partial charge in [0.05, 0.1) is 0 Å². The van der Waals surface area contributed by atoms with Crippen molar-refractivity contribution in [3.8, 4) is 0 Å². The molecule has 78 valence electrons. The minimum absolute atomic E-state index is 0.228. The Labute approximate surface area is 83.3 Å². The molecule has 0 saturated carbocycles. The van der Waals surface area contributed by atoms with Gasteiger partial charge >= 0.3 is 0 Å². The molecule has 0 amide bonds. The van der Waals surface area contributed by atoms with Crippen LogP contribution in [0.4, 0.5) is 0 Å². The van der Waals surface area contributed by atoms with Crippen molar-refractivity contribution in [3.63, 3.8) is 0 Å². The first-order valence-electron chi connectivity index (χ1n) is 4.77. The minimum atomic E-state index is -1.68. The lowest BCUT2D eigenvalue weighted by atomic mass is 10.2. The van der Waals surface area contributed by atoms with Crippen LogP contribution in [-0.4, -0.2) is 14.5 Å². The maximum atomic E-state index is 5.87. The molecule has 0 spiro atoms. The van der Waals surface area contributed by atoms with Gasteiger partial charge in [-0.05, 0) is 31.1 Å². The molecule has 0 aliphatic carbocycles. The molecule has 0 rings (SSSR count). The summed E-state index contributed by atoms with van der Waals surface area (Å²) in [4.78, 5) is 0. The highest BCUT2D eigenvalue weighted by molar-refractivity contribution is 6.74. The van der Waals surface area contributed by atoms with Crippen LogP contribution in [0.15, 0.2) is 12.2 Å². The van der Waals surface area contributed by atoms with Crippen molar-refractivity contribution < 1.29 is 4.43 Å². The molecular formula is C10H23NOSi. The fraction of sp³-hybridized carbons (Fsp3) is 0.800. The van der Waals surface area contributed by atoms with Gasteiger partial charge in [-0.2, -0.15) is 0 Å². The van der Waals surface area contributed by atoms with E-state index in [1.54, 1.807) is 0 Å². The van der Waals surface area contributed by atoms with Crippen LogP contribution in [0.5, 0.6) is 0 Å². The SMILES string of the molecule is CC=CC(N)O[Si](C)(C)C(C)(C)C. The summed E-state index contributed by atoms with van der Waals surface area (Å²) >= 11 is 0. The Kier molecular flexibility index (Phi) is 4.36. The predicted molar refractivity (Wildman–Crippen MR) is 61.1 cm³/mol. The Morgan fingerprint density at radius 3 is 2.08 bits per heavy atom. The summed E-state index contributed by atoms with van der Waals surface area (Å²) in [7, 11) is -1.68. The highest BCUT2D eigenvalue weighted by atomic mass is 28.4. The van der Waals surface area contributed by atoms with E-state index in [0.29, 0.717) is 0 Å². The third-order valence-corrected chi connectivity index (χ3v) is 7.09. The van der Waals surface area contributed by atoms with Crippen LogP contribution in [0.1, 0.15) is 27.7 Å². The second-order valence-electron chi connectivity index (χ2n) is 4.87. The van der Waals surface area contributed by atoms with Crippen LogP contribution in [0.25, 0.3) is 0 Å². The predicted octanol–water partition coefficient (Wildman–Crippen LogP) is 2.87. The van der Waals surface area contributed by atoms with E-state index in [-0.39, 0.29) is 11.3 Å². The second kappa shape index (κ2) is 4.40. The first kappa shape index (κ1) is 12.9. The molecule has 2 N–H and O–H groups in total. The molecule has 0 aromatic heterocycles. The Balaban J connectivity index is 4.33. The zero-order valence-corrected chi connectivity index (χ0v) is 10.7. The zero-order chi connectivity index (χ0) is 10.7. The van der Waals surface area contributed by atoms with Crippen molar-refractivity contribution in [3.05, 3.63) is 12.2 Å². The number of nitrogens with two attached hydrogens (primary N) is 1. The Morgan fingerprint density at radius 2 is 1.77 bits per heavy atom. The molecule has 0 heterocycles. The molecule has 0 aromatic rings. The van der Waals surface area contributed by atoms with Gasteiger partial charge < -0.3 is 10.2 Å². The molecular weight excluding hydrogens is 178 g/mol. The summed E-state index contributed by atoms with van der Waals surface area (Å²) in [5, 5.41) is 0.228. The number of hydrogen-bond donors (Lipinski definition) is 1. The van der Waals surface area contributed by atoms with Crippen molar-refractivity contribution in [1.82, 2.24) is 0 Å². The lowest BCUT2D eigenvalue weighted by Crippen LogP contribution is -2.45. The summed E-state index contributed by atoms with van der Waals surface area (Å²) in [5.41, 5.74) is 5.79. The molecule has 1 atom stereocenters. The lowest BCUT2D eigenvalue weighted by Gasteiger charge is -2.37. The number of allylic oxidation sites excluding steroid dienone is 1. The third kappa shape index (κ3) is 4.07. The second-order valence-corrected chi connectivity index (χ2v) is 9.62. The number of hydrogen-bond acceptors (Lipinski definition) is 2. The van der Waals surface area contributed by atoms with Crippen LogP contribution in [0.3, 0.4) is 0 Å². The molecule has 2 nitrogen and oxygen atoms in total. The van der Waals surface area contributed by atoms with E-state index in [4.69, 9.17) is 10.2 Å². The average Bonchev–Trinajstić information content (AvgIpc) is 1.83. The maximum absolute atomic E-state index is 5.87. The largest absolute Gasteiger partial charge is 0.399 e. The smallest absolute Gasteiger partial charge is 0.194 e. The first-order valence-corrected chi connectivity index (χ1v) is 7.68. The fourth-order valence-electron chi connectivity index (χ4n) is 0.746. The monoisotopic (exact) mass is 201 g/mol. The van der Waals surface area contributed by atoms with Crippen molar-refractivity contribution in [2.75, 3.05) is 0 Å². The normalized spacial score (nSPS) is 16.5. The molecule has 3 heteroatoms. The topological polar surface area (TPSA) is 35.2 Å². The maximum Gasteiger partial charge on any atom is 0.194 e. The summed E-state index contributed by atoms with van der Waals surface area (Å²) in [6.07, 6.45) is 3.57. The van der Waals surface area contributed by atoms with Crippen molar-refractivity contribution in [2.45, 2.75) is 52.1 Å². The van der Waals surface area contributed by atoms with Crippen LogP contribution in [-0.2, 0) is 4.43 Å². The van der Waals surface area contributed by atoms with E-state index in [1.807, 2.05) is 19.1 Å². The van der Waals surface area contributed by atoms with Gasteiger partial charge in [0.2, 0.25) is 0 Å². The van der Waals surface area contributed by atoms with Gasteiger partial charge in [0.15, 0.2) is 8.32 Å². The Morgan fingerprint density at radius 1 is 1.31 bits per heavy atom. The van der Waals surface area contributed by atoms with Gasteiger partial charge in [0, 0.05) is 0 Å². The molecule has 0 aliphatic rings. The molecule has 0 radical (unpaired) electrons. The molecule has 0 bridgehead atoms. The zero-order valence-electron chi connectivity index (χ0n) is 9.72. The lowest BCUT2D eigenvalue weighted by molar-refractivity contribution is 0.232. The first-order chi connectivity index (χ1) is 5.70. The molecule has 0 aromatic carbocycles. The molecule has 13 heavy (non-hydrogen) atoms. The standard InChI is InChI=1S/C10H23NOSi/c1-7-8-9(11)12-13(5,6)10(2,3)4/h7-9H,11H2,1-6H3. The fourth-order valence-corrected chi connectivity index (χ4v) is 1.86. The van der Waals surface area contributed by atoms with Gasteiger partial charge in [-0.3, -0.25) is 0 Å². The van der Waals surface area contributed by atoms with E-state index in [9.17, 15) is 0 Å². The highest BCUT2D eigenvalue weighted by Crippen LogP contribution is 2.36. The number of rotatable bonds is 3. The minimum Gasteiger partial charge on any atom is -0.399 e.